The van der Waals surface area contributed by atoms with E-state index in [9.17, 15) is 27.6 Å². The van der Waals surface area contributed by atoms with E-state index < -0.39 is 54.6 Å². The lowest BCUT2D eigenvalue weighted by Crippen LogP contribution is -2.52. The highest BCUT2D eigenvalue weighted by Crippen LogP contribution is 2.44. The number of benzene rings is 2. The number of para-hydroxylation sites is 1. The molecule has 5 rings (SSSR count). The van der Waals surface area contributed by atoms with Crippen LogP contribution in [0.25, 0.3) is 0 Å². The van der Waals surface area contributed by atoms with Crippen LogP contribution in [0.2, 0.25) is 5.02 Å². The molecule has 0 bridgehead atoms. The minimum atomic E-state index is -4.51. The van der Waals surface area contributed by atoms with Crippen molar-refractivity contribution >= 4 is 46.4 Å². The van der Waals surface area contributed by atoms with Gasteiger partial charge in [0, 0.05) is 23.9 Å². The lowest BCUT2D eigenvalue weighted by molar-refractivity contribution is -0.146. The normalized spacial score (nSPS) is 20.6. The summed E-state index contributed by atoms with van der Waals surface area (Å²) in [4.78, 5) is 41.1. The van der Waals surface area contributed by atoms with Gasteiger partial charge in [0.25, 0.3) is 0 Å². The van der Waals surface area contributed by atoms with Gasteiger partial charge >= 0.3 is 6.18 Å². The van der Waals surface area contributed by atoms with E-state index in [1.807, 2.05) is 23.1 Å². The fourth-order valence-corrected chi connectivity index (χ4v) is 5.68. The number of amides is 3. The number of hydrogen-bond acceptors (Lipinski definition) is 4. The Bertz CT molecular complexity index is 1300. The quantitative estimate of drug-likeness (QED) is 0.340. The molecule has 0 unspecified atom stereocenters. The molecule has 214 valence electrons. The van der Waals surface area contributed by atoms with E-state index >= 15 is 0 Å². The van der Waals surface area contributed by atoms with Crippen molar-refractivity contribution < 1.29 is 27.6 Å². The van der Waals surface area contributed by atoms with Crippen LogP contribution >= 0.6 is 11.6 Å². The van der Waals surface area contributed by atoms with Gasteiger partial charge in [0.1, 0.15) is 6.04 Å². The van der Waals surface area contributed by atoms with Crippen molar-refractivity contribution in [3.05, 3.63) is 53.1 Å². The third kappa shape index (κ3) is 6.71. The van der Waals surface area contributed by atoms with E-state index in [0.717, 1.165) is 31.4 Å². The molecule has 0 saturated heterocycles. The number of fused-ring (bicyclic) bond motifs is 1. The molecule has 3 amide bonds. The van der Waals surface area contributed by atoms with E-state index in [2.05, 4.69) is 16.7 Å². The number of nitrogens with two attached hydrogens (primary N) is 1. The fraction of sp³-hybridized carbons (Fsp3) is 0.483. The third-order valence-corrected chi connectivity index (χ3v) is 8.29. The minimum absolute atomic E-state index is 0.00882. The van der Waals surface area contributed by atoms with Crippen LogP contribution in [0.4, 0.5) is 30.2 Å². The third-order valence-electron chi connectivity index (χ3n) is 7.97. The van der Waals surface area contributed by atoms with Crippen LogP contribution < -0.4 is 21.3 Å². The van der Waals surface area contributed by atoms with Crippen molar-refractivity contribution in [2.45, 2.75) is 63.1 Å². The zero-order valence-electron chi connectivity index (χ0n) is 21.8. The second-order valence-corrected chi connectivity index (χ2v) is 11.5. The van der Waals surface area contributed by atoms with Gasteiger partial charge < -0.3 is 21.3 Å². The second-order valence-electron chi connectivity index (χ2n) is 11.1. The summed E-state index contributed by atoms with van der Waals surface area (Å²) < 4.78 is 39.6. The van der Waals surface area contributed by atoms with Gasteiger partial charge in [-0.05, 0) is 67.3 Å². The standard InChI is InChI=1S/C29H32ClF3N4O3/c30-22-5-2-6-24-25(22)36-28(40)23(15-37(24)19-4-1-3-18(14-19)17-9-10-17)35-27(39)20(11-12-29(31,32)33)21(26(34)38)13-16-7-8-16/h1-6,14,16-17,20-21,23H,7-13,15H2,(H2,34,38)(H,35,39)(H,36,40)/t20-,21+,23+/m1/s1. The van der Waals surface area contributed by atoms with Crippen molar-refractivity contribution in [3.63, 3.8) is 0 Å². The number of anilines is 3. The number of carbonyl (C=O) groups is 3. The highest BCUT2D eigenvalue weighted by molar-refractivity contribution is 6.34. The summed E-state index contributed by atoms with van der Waals surface area (Å²) in [5, 5.41) is 5.76. The van der Waals surface area contributed by atoms with Gasteiger partial charge in [-0.25, -0.2) is 0 Å². The molecule has 0 radical (unpaired) electrons. The van der Waals surface area contributed by atoms with Crippen molar-refractivity contribution in [3.8, 4) is 0 Å². The molecule has 2 aliphatic carbocycles. The van der Waals surface area contributed by atoms with Gasteiger partial charge in [-0.3, -0.25) is 14.4 Å². The Morgan fingerprint density at radius 3 is 2.48 bits per heavy atom. The average molecular weight is 577 g/mol. The Hall–Kier alpha value is -3.27. The van der Waals surface area contributed by atoms with Crippen molar-refractivity contribution in [1.82, 2.24) is 5.32 Å². The molecule has 7 nitrogen and oxygen atoms in total. The predicted octanol–water partition coefficient (Wildman–Crippen LogP) is 5.65. The van der Waals surface area contributed by atoms with Crippen LogP contribution in [-0.4, -0.2) is 36.5 Å². The molecule has 2 aromatic rings. The monoisotopic (exact) mass is 576 g/mol. The lowest BCUT2D eigenvalue weighted by Gasteiger charge is -2.30. The summed E-state index contributed by atoms with van der Waals surface area (Å²) in [5.74, 6) is -3.89. The molecule has 1 aliphatic heterocycles. The predicted molar refractivity (Wildman–Crippen MR) is 146 cm³/mol. The van der Waals surface area contributed by atoms with Gasteiger partial charge in [-0.15, -0.1) is 0 Å². The SMILES string of the molecule is NC(=O)[C@@H](CC1CC1)[C@@H](CCC(F)(F)F)C(=O)N[C@H]1CN(c2cccc(C3CC3)c2)c2cccc(Cl)c2NC1=O. The van der Waals surface area contributed by atoms with Gasteiger partial charge in [0.15, 0.2) is 0 Å². The Morgan fingerprint density at radius 1 is 1.10 bits per heavy atom. The smallest absolute Gasteiger partial charge is 0.369 e. The topological polar surface area (TPSA) is 105 Å². The number of nitrogens with one attached hydrogen (secondary N) is 2. The molecule has 1 heterocycles. The summed E-state index contributed by atoms with van der Waals surface area (Å²) in [6, 6.07) is 12.0. The molecular formula is C29H32ClF3N4O3. The maximum absolute atomic E-state index is 13.6. The number of rotatable bonds is 10. The first-order valence-electron chi connectivity index (χ1n) is 13.6. The van der Waals surface area contributed by atoms with E-state index in [1.54, 1.807) is 18.2 Å². The van der Waals surface area contributed by atoms with E-state index in [1.165, 1.54) is 5.56 Å². The number of nitrogens with zero attached hydrogens (tertiary/aromatic N) is 1. The Morgan fingerprint density at radius 2 is 1.82 bits per heavy atom. The largest absolute Gasteiger partial charge is 0.389 e. The Kier molecular flexibility index (Phi) is 7.99. The highest BCUT2D eigenvalue weighted by atomic mass is 35.5. The summed E-state index contributed by atoms with van der Waals surface area (Å²) >= 11 is 6.46. The molecule has 3 aliphatic rings. The second kappa shape index (κ2) is 11.3. The number of primary amides is 1. The number of hydrogen-bond donors (Lipinski definition) is 3. The summed E-state index contributed by atoms with van der Waals surface area (Å²) in [6.07, 6.45) is -2.20. The molecule has 4 N–H and O–H groups in total. The Balaban J connectivity index is 1.44. The molecule has 0 aromatic heterocycles. The molecule has 3 atom stereocenters. The summed E-state index contributed by atoms with van der Waals surface area (Å²) in [5.41, 5.74) is 8.55. The minimum Gasteiger partial charge on any atom is -0.369 e. The van der Waals surface area contributed by atoms with Crippen molar-refractivity contribution in [2.75, 3.05) is 16.8 Å². The van der Waals surface area contributed by atoms with E-state index in [0.29, 0.717) is 22.3 Å². The molecule has 40 heavy (non-hydrogen) atoms. The maximum atomic E-state index is 13.6. The van der Waals surface area contributed by atoms with Gasteiger partial charge in [-0.1, -0.05) is 42.6 Å². The molecule has 0 spiro atoms. The molecular weight excluding hydrogens is 545 g/mol. The van der Waals surface area contributed by atoms with Crippen LogP contribution in [0, 0.1) is 17.8 Å². The first-order valence-corrected chi connectivity index (χ1v) is 14.0. The average Bonchev–Trinajstić information content (AvgIpc) is 3.80. The number of alkyl halides is 3. The lowest BCUT2D eigenvalue weighted by atomic mass is 9.83. The first kappa shape index (κ1) is 28.3. The van der Waals surface area contributed by atoms with E-state index in [-0.39, 0.29) is 18.9 Å². The number of halogens is 4. The molecule has 2 saturated carbocycles. The maximum Gasteiger partial charge on any atom is 0.389 e. The van der Waals surface area contributed by atoms with Crippen molar-refractivity contribution in [2.24, 2.45) is 23.5 Å². The zero-order chi connectivity index (χ0) is 28.6. The van der Waals surface area contributed by atoms with Crippen LogP contribution in [0.5, 0.6) is 0 Å². The van der Waals surface area contributed by atoms with E-state index in [4.69, 9.17) is 17.3 Å². The Labute approximate surface area is 235 Å². The van der Waals surface area contributed by atoms with Gasteiger partial charge in [0.05, 0.1) is 22.9 Å². The fourth-order valence-electron chi connectivity index (χ4n) is 5.46. The van der Waals surface area contributed by atoms with Crippen LogP contribution in [0.15, 0.2) is 42.5 Å². The summed E-state index contributed by atoms with van der Waals surface area (Å²) in [7, 11) is 0. The molecule has 11 heteroatoms. The van der Waals surface area contributed by atoms with Gasteiger partial charge in [-0.2, -0.15) is 13.2 Å². The first-order chi connectivity index (χ1) is 19.0. The number of carbonyl (C=O) groups excluding carboxylic acids is 3. The summed E-state index contributed by atoms with van der Waals surface area (Å²) in [6.45, 7) is 0.00882. The van der Waals surface area contributed by atoms with Gasteiger partial charge in [0.2, 0.25) is 17.7 Å². The zero-order valence-corrected chi connectivity index (χ0v) is 22.6. The van der Waals surface area contributed by atoms with Crippen LogP contribution in [0.1, 0.15) is 56.4 Å². The van der Waals surface area contributed by atoms with Crippen LogP contribution in [0.3, 0.4) is 0 Å². The molecule has 2 aromatic carbocycles. The highest BCUT2D eigenvalue weighted by Gasteiger charge is 2.41. The van der Waals surface area contributed by atoms with Crippen LogP contribution in [-0.2, 0) is 14.4 Å². The molecule has 2 fully saturated rings. The van der Waals surface area contributed by atoms with Crippen molar-refractivity contribution in [1.29, 1.82) is 0 Å².